The van der Waals surface area contributed by atoms with Gasteiger partial charge in [-0.25, -0.2) is 9.78 Å². The Bertz CT molecular complexity index is 298. The van der Waals surface area contributed by atoms with Crippen LogP contribution < -0.4 is 0 Å². The second kappa shape index (κ2) is 4.04. The number of halogens is 2. The predicted octanol–water partition coefficient (Wildman–Crippen LogP) is 2.11. The van der Waals surface area contributed by atoms with Crippen LogP contribution in [0.4, 0.5) is 0 Å². The lowest BCUT2D eigenvalue weighted by Gasteiger charge is -1.96. The van der Waals surface area contributed by atoms with Gasteiger partial charge in [-0.2, -0.15) is 0 Å². The zero-order valence-corrected chi connectivity index (χ0v) is 9.40. The van der Waals surface area contributed by atoms with Gasteiger partial charge in [-0.3, -0.25) is 0 Å². The maximum absolute atomic E-state index is 11.1. The molecular weight excluding hydrogens is 292 g/mol. The summed E-state index contributed by atoms with van der Waals surface area (Å²) in [6, 6.07) is 0. The second-order valence-electron chi connectivity index (χ2n) is 1.91. The van der Waals surface area contributed by atoms with Crippen LogP contribution >= 0.6 is 31.9 Å². The third-order valence-electron chi connectivity index (χ3n) is 1.10. The van der Waals surface area contributed by atoms with Crippen molar-refractivity contribution in [2.24, 2.45) is 0 Å². The minimum absolute atomic E-state index is 0.253. The molecule has 0 aliphatic carbocycles. The van der Waals surface area contributed by atoms with E-state index in [9.17, 15) is 4.79 Å². The fourth-order valence-electron chi connectivity index (χ4n) is 0.660. The SMILES string of the molecule is CCOC(=O)c1nc(Br)[nH]c1Br. The van der Waals surface area contributed by atoms with Crippen molar-refractivity contribution in [2.45, 2.75) is 6.92 Å². The summed E-state index contributed by atoms with van der Waals surface area (Å²) in [4.78, 5) is 17.8. The third-order valence-corrected chi connectivity index (χ3v) is 2.05. The van der Waals surface area contributed by atoms with Crippen LogP contribution in [0.1, 0.15) is 17.4 Å². The summed E-state index contributed by atoms with van der Waals surface area (Å²) in [5, 5.41) is 0. The van der Waals surface area contributed by atoms with Crippen molar-refractivity contribution >= 4 is 37.8 Å². The Morgan fingerprint density at radius 1 is 1.67 bits per heavy atom. The minimum atomic E-state index is -0.439. The van der Waals surface area contributed by atoms with Gasteiger partial charge in [0.15, 0.2) is 10.4 Å². The van der Waals surface area contributed by atoms with Crippen molar-refractivity contribution < 1.29 is 9.53 Å². The molecule has 0 aliphatic rings. The van der Waals surface area contributed by atoms with E-state index in [2.05, 4.69) is 41.8 Å². The van der Waals surface area contributed by atoms with Crippen LogP contribution in [0.5, 0.6) is 0 Å². The first-order valence-electron chi connectivity index (χ1n) is 3.23. The Morgan fingerprint density at radius 2 is 2.33 bits per heavy atom. The van der Waals surface area contributed by atoms with Gasteiger partial charge in [0.05, 0.1) is 6.61 Å². The normalized spacial score (nSPS) is 9.92. The molecule has 0 aliphatic heterocycles. The fraction of sp³-hybridized carbons (Fsp3) is 0.333. The van der Waals surface area contributed by atoms with E-state index in [-0.39, 0.29) is 5.69 Å². The maximum Gasteiger partial charge on any atom is 0.359 e. The molecule has 0 spiro atoms. The molecule has 0 radical (unpaired) electrons. The lowest BCUT2D eigenvalue weighted by molar-refractivity contribution is 0.0519. The zero-order chi connectivity index (χ0) is 9.14. The van der Waals surface area contributed by atoms with Gasteiger partial charge in [0, 0.05) is 0 Å². The molecule has 1 heterocycles. The van der Waals surface area contributed by atoms with Crippen LogP contribution in [0.3, 0.4) is 0 Å². The molecule has 1 aromatic rings. The third kappa shape index (κ3) is 2.07. The highest BCUT2D eigenvalue weighted by Gasteiger charge is 2.15. The lowest BCUT2D eigenvalue weighted by Crippen LogP contribution is -2.05. The molecule has 0 bridgehead atoms. The monoisotopic (exact) mass is 296 g/mol. The van der Waals surface area contributed by atoms with Gasteiger partial charge in [0.1, 0.15) is 4.60 Å². The number of hydrogen-bond donors (Lipinski definition) is 1. The molecule has 12 heavy (non-hydrogen) atoms. The highest BCUT2D eigenvalue weighted by atomic mass is 79.9. The summed E-state index contributed by atoms with van der Waals surface area (Å²) in [6.45, 7) is 2.09. The van der Waals surface area contributed by atoms with Crippen molar-refractivity contribution in [3.8, 4) is 0 Å². The van der Waals surface area contributed by atoms with E-state index < -0.39 is 5.97 Å². The van der Waals surface area contributed by atoms with E-state index in [0.29, 0.717) is 15.9 Å². The number of hydrogen-bond acceptors (Lipinski definition) is 3. The Morgan fingerprint density at radius 3 is 2.75 bits per heavy atom. The first kappa shape index (κ1) is 9.73. The summed E-state index contributed by atoms with van der Waals surface area (Å²) in [5.74, 6) is -0.439. The molecule has 0 aromatic carbocycles. The first-order chi connectivity index (χ1) is 5.65. The molecule has 6 heteroatoms. The Labute approximate surface area is 86.0 Å². The molecule has 1 aromatic heterocycles. The molecule has 66 valence electrons. The summed E-state index contributed by atoms with van der Waals surface area (Å²) < 4.78 is 5.77. The standard InChI is InChI=1S/C6H6Br2N2O2/c1-2-12-5(11)3-4(7)10-6(8)9-3/h2H2,1H3,(H,9,10). The predicted molar refractivity (Wildman–Crippen MR) is 49.9 cm³/mol. The number of rotatable bonds is 2. The summed E-state index contributed by atoms with van der Waals surface area (Å²) in [7, 11) is 0. The van der Waals surface area contributed by atoms with Crippen LogP contribution in [-0.4, -0.2) is 22.5 Å². The lowest BCUT2D eigenvalue weighted by atomic mass is 10.5. The summed E-state index contributed by atoms with van der Waals surface area (Å²) in [6.07, 6.45) is 0. The number of carbonyl (C=O) groups is 1. The highest BCUT2D eigenvalue weighted by Crippen LogP contribution is 2.17. The molecule has 0 fully saturated rings. The molecule has 0 unspecified atom stereocenters. The maximum atomic E-state index is 11.1. The topological polar surface area (TPSA) is 55.0 Å². The quantitative estimate of drug-likeness (QED) is 0.851. The Kier molecular flexibility index (Phi) is 3.28. The van der Waals surface area contributed by atoms with Crippen LogP contribution in [0, 0.1) is 0 Å². The number of aromatic nitrogens is 2. The summed E-state index contributed by atoms with van der Waals surface area (Å²) >= 11 is 6.24. The number of H-pyrrole nitrogens is 1. The molecule has 0 saturated heterocycles. The van der Waals surface area contributed by atoms with Gasteiger partial charge in [0.2, 0.25) is 0 Å². The number of imidazole rings is 1. The highest BCUT2D eigenvalue weighted by molar-refractivity contribution is 9.11. The first-order valence-corrected chi connectivity index (χ1v) is 4.82. The minimum Gasteiger partial charge on any atom is -0.461 e. The van der Waals surface area contributed by atoms with Crippen LogP contribution in [0.25, 0.3) is 0 Å². The van der Waals surface area contributed by atoms with Crippen molar-refractivity contribution in [1.29, 1.82) is 0 Å². The van der Waals surface area contributed by atoms with Gasteiger partial charge >= 0.3 is 5.97 Å². The Hall–Kier alpha value is -0.360. The van der Waals surface area contributed by atoms with Gasteiger partial charge in [-0.15, -0.1) is 0 Å². The number of carbonyl (C=O) groups excluding carboxylic acids is 1. The van der Waals surface area contributed by atoms with Crippen LogP contribution in [-0.2, 0) is 4.74 Å². The van der Waals surface area contributed by atoms with Crippen molar-refractivity contribution in [1.82, 2.24) is 9.97 Å². The van der Waals surface area contributed by atoms with Gasteiger partial charge in [-0.05, 0) is 38.8 Å². The van der Waals surface area contributed by atoms with E-state index in [4.69, 9.17) is 4.74 Å². The van der Waals surface area contributed by atoms with E-state index in [1.807, 2.05) is 0 Å². The smallest absolute Gasteiger partial charge is 0.359 e. The van der Waals surface area contributed by atoms with Crippen molar-refractivity contribution in [3.63, 3.8) is 0 Å². The number of esters is 1. The van der Waals surface area contributed by atoms with Gasteiger partial charge in [0.25, 0.3) is 0 Å². The molecule has 0 atom stereocenters. The molecule has 1 N–H and O–H groups in total. The van der Waals surface area contributed by atoms with E-state index in [1.54, 1.807) is 6.92 Å². The van der Waals surface area contributed by atoms with E-state index in [0.717, 1.165) is 0 Å². The fourth-order valence-corrected chi connectivity index (χ4v) is 1.74. The van der Waals surface area contributed by atoms with Crippen LogP contribution in [0.2, 0.25) is 0 Å². The largest absolute Gasteiger partial charge is 0.461 e. The average molecular weight is 298 g/mol. The molecule has 0 amide bonds. The second-order valence-corrected chi connectivity index (χ2v) is 3.45. The number of aromatic amines is 1. The number of nitrogens with zero attached hydrogens (tertiary/aromatic N) is 1. The summed E-state index contributed by atoms with van der Waals surface area (Å²) in [5.41, 5.74) is 0.253. The number of nitrogens with one attached hydrogen (secondary N) is 1. The van der Waals surface area contributed by atoms with Crippen molar-refractivity contribution in [2.75, 3.05) is 6.61 Å². The molecule has 1 rings (SSSR count). The van der Waals surface area contributed by atoms with Gasteiger partial charge in [-0.1, -0.05) is 0 Å². The van der Waals surface area contributed by atoms with Gasteiger partial charge < -0.3 is 9.72 Å². The average Bonchev–Trinajstić information content (AvgIpc) is 2.30. The van der Waals surface area contributed by atoms with Crippen LogP contribution in [0.15, 0.2) is 9.34 Å². The van der Waals surface area contributed by atoms with E-state index in [1.165, 1.54) is 0 Å². The zero-order valence-electron chi connectivity index (χ0n) is 6.23. The molecule has 0 saturated carbocycles. The number of ether oxygens (including phenoxy) is 1. The molecule has 4 nitrogen and oxygen atoms in total. The Balaban J connectivity index is 2.87. The van der Waals surface area contributed by atoms with Crippen molar-refractivity contribution in [3.05, 3.63) is 15.0 Å². The molecular formula is C6H6Br2N2O2. The van der Waals surface area contributed by atoms with E-state index >= 15 is 0 Å².